The monoisotopic (exact) mass is 484 g/mol. The van der Waals surface area contributed by atoms with E-state index in [1.54, 1.807) is 17.0 Å². The van der Waals surface area contributed by atoms with Crippen molar-refractivity contribution >= 4 is 33.7 Å². The van der Waals surface area contributed by atoms with Crippen molar-refractivity contribution in [3.05, 3.63) is 63.3 Å². The fraction of sp³-hybridized carbons (Fsp3) is 0.333. The van der Waals surface area contributed by atoms with Crippen LogP contribution in [-0.2, 0) is 16.6 Å². The largest absolute Gasteiger partial charge is 0.507 e. The second-order valence-corrected chi connectivity index (χ2v) is 8.52. The van der Waals surface area contributed by atoms with E-state index < -0.39 is 12.0 Å². The van der Waals surface area contributed by atoms with Crippen LogP contribution in [-0.4, -0.2) is 42.1 Å². The number of aliphatic hydroxyl groups is 1. The second kappa shape index (κ2) is 8.48. The number of allylic oxidation sites excluding steroid dienone is 1. The number of phenolic OH excluding ortho intramolecular Hbond substituents is 1. The van der Waals surface area contributed by atoms with Crippen molar-refractivity contribution in [1.29, 1.82) is 0 Å². The van der Waals surface area contributed by atoms with Gasteiger partial charge in [-0.15, -0.1) is 0 Å². The molecule has 0 spiro atoms. The molecule has 0 fully saturated rings. The first kappa shape index (κ1) is 21.6. The molecular formula is C24H25BrN2O4. The molecule has 7 heteroatoms. The maximum Gasteiger partial charge on any atom is 0.245 e. The number of anilines is 1. The van der Waals surface area contributed by atoms with Crippen molar-refractivity contribution in [2.24, 2.45) is 4.99 Å². The van der Waals surface area contributed by atoms with E-state index in [1.165, 1.54) is 0 Å². The van der Waals surface area contributed by atoms with E-state index >= 15 is 0 Å². The number of aliphatic imine (C=N–C) groups is 1. The average Bonchev–Trinajstić information content (AvgIpc) is 3.31. The molecule has 0 radical (unpaired) electrons. The number of hydrogen-bond acceptors (Lipinski definition) is 5. The zero-order valence-corrected chi connectivity index (χ0v) is 19.1. The Balaban J connectivity index is 1.91. The van der Waals surface area contributed by atoms with Gasteiger partial charge in [-0.2, -0.15) is 0 Å². The maximum atomic E-state index is 14.0. The molecule has 31 heavy (non-hydrogen) atoms. The molecular weight excluding hydrogens is 460 g/mol. The summed E-state index contributed by atoms with van der Waals surface area (Å²) in [6.45, 7) is 4.21. The standard InChI is InChI=1S/C24H25BrN2O4/c1-3-9-26-16(4-2)13-27-19-7-5-6-18(25)22(19)24(14-28,23(27)30)17-11-15-8-10-31-21(15)12-20(17)29/h4-7,9,11-12,28-29H,3,8,10,13-14H2,1-2H3/b16-4-,26-9?. The summed E-state index contributed by atoms with van der Waals surface area (Å²) >= 11 is 3.59. The summed E-state index contributed by atoms with van der Waals surface area (Å²) in [7, 11) is 0. The quantitative estimate of drug-likeness (QED) is 0.604. The Bertz CT molecular complexity index is 1100. The summed E-state index contributed by atoms with van der Waals surface area (Å²) in [6, 6.07) is 8.91. The van der Waals surface area contributed by atoms with Crippen LogP contribution in [0, 0.1) is 0 Å². The fourth-order valence-corrected chi connectivity index (χ4v) is 5.07. The van der Waals surface area contributed by atoms with E-state index in [9.17, 15) is 15.0 Å². The Hall–Kier alpha value is -2.64. The number of halogens is 1. The third-order valence-electron chi connectivity index (χ3n) is 5.92. The van der Waals surface area contributed by atoms with E-state index in [1.807, 2.05) is 44.3 Å². The zero-order chi connectivity index (χ0) is 22.2. The molecule has 162 valence electrons. The van der Waals surface area contributed by atoms with Gasteiger partial charge in [0.2, 0.25) is 5.91 Å². The predicted molar refractivity (Wildman–Crippen MR) is 124 cm³/mol. The van der Waals surface area contributed by atoms with Gasteiger partial charge < -0.3 is 19.8 Å². The third-order valence-corrected chi connectivity index (χ3v) is 6.58. The third kappa shape index (κ3) is 3.36. The molecule has 2 aliphatic heterocycles. The van der Waals surface area contributed by atoms with Gasteiger partial charge in [0, 0.05) is 40.0 Å². The van der Waals surface area contributed by atoms with Crippen molar-refractivity contribution in [1.82, 2.24) is 0 Å². The van der Waals surface area contributed by atoms with Crippen molar-refractivity contribution in [2.45, 2.75) is 32.1 Å². The van der Waals surface area contributed by atoms with Gasteiger partial charge in [0.1, 0.15) is 16.9 Å². The molecule has 0 saturated carbocycles. The predicted octanol–water partition coefficient (Wildman–Crippen LogP) is 4.10. The number of carbonyl (C=O) groups excluding carboxylic acids is 1. The maximum absolute atomic E-state index is 14.0. The van der Waals surface area contributed by atoms with Crippen LogP contribution >= 0.6 is 15.9 Å². The van der Waals surface area contributed by atoms with Gasteiger partial charge in [-0.3, -0.25) is 9.79 Å². The average molecular weight is 485 g/mol. The molecule has 1 unspecified atom stereocenters. The molecule has 1 atom stereocenters. The molecule has 0 aliphatic carbocycles. The van der Waals surface area contributed by atoms with Crippen molar-refractivity contribution in [3.8, 4) is 11.5 Å². The lowest BCUT2D eigenvalue weighted by Crippen LogP contribution is -2.44. The normalized spacial score (nSPS) is 20.3. The molecule has 4 rings (SSSR count). The summed E-state index contributed by atoms with van der Waals surface area (Å²) in [5, 5.41) is 21.6. The van der Waals surface area contributed by atoms with Crippen LogP contribution in [0.1, 0.15) is 37.0 Å². The molecule has 2 heterocycles. The van der Waals surface area contributed by atoms with Gasteiger partial charge in [0.15, 0.2) is 0 Å². The van der Waals surface area contributed by atoms with Crippen LogP contribution in [0.15, 0.2) is 51.6 Å². The van der Waals surface area contributed by atoms with Gasteiger partial charge in [-0.25, -0.2) is 0 Å². The molecule has 2 aliphatic rings. The molecule has 0 bridgehead atoms. The van der Waals surface area contributed by atoms with Crippen molar-refractivity contribution in [3.63, 3.8) is 0 Å². The van der Waals surface area contributed by atoms with E-state index in [4.69, 9.17) is 4.74 Å². The molecule has 2 aromatic rings. The number of phenols is 1. The summed E-state index contributed by atoms with van der Waals surface area (Å²) in [6.07, 6.45) is 5.17. The molecule has 6 nitrogen and oxygen atoms in total. The molecule has 0 aromatic heterocycles. The first-order chi connectivity index (χ1) is 15.0. The molecule has 1 amide bonds. The minimum absolute atomic E-state index is 0.0677. The number of ether oxygens (including phenoxy) is 1. The number of hydrogen-bond donors (Lipinski definition) is 2. The Morgan fingerprint density at radius 3 is 2.90 bits per heavy atom. The SMILES string of the molecule is C/C=C(/CN1C(=O)C(CO)(c2cc3c(cc2O)OCC3)c2c(Br)cccc21)N=CCC. The minimum Gasteiger partial charge on any atom is -0.507 e. The topological polar surface area (TPSA) is 82.4 Å². The summed E-state index contributed by atoms with van der Waals surface area (Å²) in [5.74, 6) is 0.257. The van der Waals surface area contributed by atoms with Crippen LogP contribution < -0.4 is 9.64 Å². The fourth-order valence-electron chi connectivity index (χ4n) is 4.38. The number of benzene rings is 2. The van der Waals surface area contributed by atoms with Gasteiger partial charge in [-0.1, -0.05) is 35.0 Å². The molecule has 2 aromatic carbocycles. The Morgan fingerprint density at radius 2 is 2.19 bits per heavy atom. The van der Waals surface area contributed by atoms with Gasteiger partial charge in [0.05, 0.1) is 25.5 Å². The smallest absolute Gasteiger partial charge is 0.245 e. The van der Waals surface area contributed by atoms with Crippen LogP contribution in [0.4, 0.5) is 5.69 Å². The van der Waals surface area contributed by atoms with E-state index in [0.29, 0.717) is 40.1 Å². The number of nitrogens with zero attached hydrogens (tertiary/aromatic N) is 2. The Kier molecular flexibility index (Phi) is 5.90. The molecule has 0 saturated heterocycles. The zero-order valence-electron chi connectivity index (χ0n) is 17.6. The summed E-state index contributed by atoms with van der Waals surface area (Å²) in [5.41, 5.74) is 1.97. The summed E-state index contributed by atoms with van der Waals surface area (Å²) in [4.78, 5) is 20.1. The van der Waals surface area contributed by atoms with E-state index in [0.717, 1.165) is 17.7 Å². The van der Waals surface area contributed by atoms with Crippen LogP contribution in [0.3, 0.4) is 0 Å². The van der Waals surface area contributed by atoms with E-state index in [2.05, 4.69) is 20.9 Å². The van der Waals surface area contributed by atoms with Gasteiger partial charge in [0.25, 0.3) is 0 Å². The van der Waals surface area contributed by atoms with Crippen LogP contribution in [0.5, 0.6) is 11.5 Å². The number of amides is 1. The van der Waals surface area contributed by atoms with Crippen LogP contribution in [0.25, 0.3) is 0 Å². The number of rotatable bonds is 6. The summed E-state index contributed by atoms with van der Waals surface area (Å²) < 4.78 is 6.26. The van der Waals surface area contributed by atoms with E-state index in [-0.39, 0.29) is 18.2 Å². The number of aromatic hydroxyl groups is 1. The highest BCUT2D eigenvalue weighted by Crippen LogP contribution is 2.52. The Morgan fingerprint density at radius 1 is 1.39 bits per heavy atom. The highest BCUT2D eigenvalue weighted by molar-refractivity contribution is 9.10. The lowest BCUT2D eigenvalue weighted by molar-refractivity contribution is -0.123. The highest BCUT2D eigenvalue weighted by atomic mass is 79.9. The number of fused-ring (bicyclic) bond motifs is 2. The van der Waals surface area contributed by atoms with Crippen LogP contribution in [0.2, 0.25) is 0 Å². The van der Waals surface area contributed by atoms with Gasteiger partial charge >= 0.3 is 0 Å². The van der Waals surface area contributed by atoms with Gasteiger partial charge in [-0.05, 0) is 37.1 Å². The molecule has 2 N–H and O–H groups in total. The number of carbonyl (C=O) groups is 1. The highest BCUT2D eigenvalue weighted by Gasteiger charge is 2.54. The van der Waals surface area contributed by atoms with Crippen molar-refractivity contribution < 1.29 is 19.7 Å². The lowest BCUT2D eigenvalue weighted by atomic mass is 9.75. The first-order valence-electron chi connectivity index (χ1n) is 10.4. The first-order valence-corrected chi connectivity index (χ1v) is 11.2. The minimum atomic E-state index is -1.43. The number of aliphatic hydroxyl groups excluding tert-OH is 1. The van der Waals surface area contributed by atoms with Crippen molar-refractivity contribution in [2.75, 3.05) is 24.7 Å². The Labute approximate surface area is 190 Å². The second-order valence-electron chi connectivity index (χ2n) is 7.66. The lowest BCUT2D eigenvalue weighted by Gasteiger charge is -2.29.